The summed E-state index contributed by atoms with van der Waals surface area (Å²) in [5.74, 6) is 0.0902. The lowest BCUT2D eigenvalue weighted by molar-refractivity contribution is 0.169. The van der Waals surface area contributed by atoms with Crippen molar-refractivity contribution in [1.29, 1.82) is 0 Å². The minimum atomic E-state index is -0.362. The summed E-state index contributed by atoms with van der Waals surface area (Å²) in [5, 5.41) is 10.2. The first-order valence-corrected chi connectivity index (χ1v) is 4.85. The summed E-state index contributed by atoms with van der Waals surface area (Å²) in [7, 11) is 0. The standard InChI is InChI=1S/C11H15ClO/c1-7-5-4-6-10(11(7)12)8(2)9(3)13/h4-6,8-9,13H,1-3H3. The van der Waals surface area contributed by atoms with Gasteiger partial charge in [-0.1, -0.05) is 36.7 Å². The summed E-state index contributed by atoms with van der Waals surface area (Å²) in [5.41, 5.74) is 2.09. The first kappa shape index (κ1) is 10.6. The maximum Gasteiger partial charge on any atom is 0.0578 e. The van der Waals surface area contributed by atoms with Crippen LogP contribution >= 0.6 is 11.6 Å². The molecule has 0 aliphatic carbocycles. The van der Waals surface area contributed by atoms with Gasteiger partial charge in [0, 0.05) is 10.9 Å². The van der Waals surface area contributed by atoms with Crippen molar-refractivity contribution in [3.8, 4) is 0 Å². The summed E-state index contributed by atoms with van der Waals surface area (Å²) < 4.78 is 0. The van der Waals surface area contributed by atoms with E-state index in [0.717, 1.165) is 16.1 Å². The van der Waals surface area contributed by atoms with Gasteiger partial charge in [0.1, 0.15) is 0 Å². The van der Waals surface area contributed by atoms with Crippen molar-refractivity contribution in [2.45, 2.75) is 32.8 Å². The van der Waals surface area contributed by atoms with E-state index in [4.69, 9.17) is 11.6 Å². The molecule has 0 radical (unpaired) electrons. The van der Waals surface area contributed by atoms with Gasteiger partial charge in [0.05, 0.1) is 6.10 Å². The van der Waals surface area contributed by atoms with Gasteiger partial charge >= 0.3 is 0 Å². The van der Waals surface area contributed by atoms with Crippen LogP contribution in [-0.4, -0.2) is 11.2 Å². The summed E-state index contributed by atoms with van der Waals surface area (Å²) in [6, 6.07) is 5.91. The largest absolute Gasteiger partial charge is 0.393 e. The van der Waals surface area contributed by atoms with Crippen molar-refractivity contribution >= 4 is 11.6 Å². The highest BCUT2D eigenvalue weighted by Crippen LogP contribution is 2.28. The van der Waals surface area contributed by atoms with Crippen molar-refractivity contribution in [2.75, 3.05) is 0 Å². The van der Waals surface area contributed by atoms with Crippen molar-refractivity contribution < 1.29 is 5.11 Å². The van der Waals surface area contributed by atoms with Crippen LogP contribution in [0.3, 0.4) is 0 Å². The van der Waals surface area contributed by atoms with Gasteiger partial charge in [0.15, 0.2) is 0 Å². The molecule has 0 saturated heterocycles. The lowest BCUT2D eigenvalue weighted by Gasteiger charge is -2.17. The van der Waals surface area contributed by atoms with Crippen LogP contribution < -0.4 is 0 Å². The number of benzene rings is 1. The zero-order valence-corrected chi connectivity index (χ0v) is 8.97. The first-order valence-electron chi connectivity index (χ1n) is 4.47. The van der Waals surface area contributed by atoms with E-state index in [1.165, 1.54) is 0 Å². The molecule has 0 fully saturated rings. The Morgan fingerprint density at radius 2 is 1.92 bits per heavy atom. The summed E-state index contributed by atoms with van der Waals surface area (Å²) in [6.45, 7) is 5.73. The highest BCUT2D eigenvalue weighted by atomic mass is 35.5. The normalized spacial score (nSPS) is 15.5. The molecule has 1 aromatic rings. The first-order chi connectivity index (χ1) is 6.04. The summed E-state index contributed by atoms with van der Waals surface area (Å²) >= 11 is 6.12. The maximum atomic E-state index is 9.43. The number of hydrogen-bond acceptors (Lipinski definition) is 1. The maximum absolute atomic E-state index is 9.43. The molecule has 2 heteroatoms. The second-order valence-corrected chi connectivity index (χ2v) is 3.89. The molecular formula is C11H15ClO. The predicted octanol–water partition coefficient (Wildman–Crippen LogP) is 3.13. The molecule has 1 rings (SSSR count). The molecule has 0 amide bonds. The van der Waals surface area contributed by atoms with Gasteiger partial charge in [-0.3, -0.25) is 0 Å². The third-order valence-electron chi connectivity index (χ3n) is 2.44. The molecule has 0 aliphatic heterocycles. The molecule has 2 unspecified atom stereocenters. The minimum Gasteiger partial charge on any atom is -0.393 e. The Bertz CT molecular complexity index is 294. The quantitative estimate of drug-likeness (QED) is 0.774. The zero-order chi connectivity index (χ0) is 10.0. The van der Waals surface area contributed by atoms with E-state index in [2.05, 4.69) is 0 Å². The van der Waals surface area contributed by atoms with Crippen LogP contribution in [0.2, 0.25) is 5.02 Å². The number of halogens is 1. The van der Waals surface area contributed by atoms with E-state index in [9.17, 15) is 5.11 Å². The van der Waals surface area contributed by atoms with E-state index < -0.39 is 0 Å². The minimum absolute atomic E-state index is 0.0902. The Kier molecular flexibility index (Phi) is 3.34. The topological polar surface area (TPSA) is 20.2 Å². The smallest absolute Gasteiger partial charge is 0.0578 e. The van der Waals surface area contributed by atoms with Crippen LogP contribution in [0.25, 0.3) is 0 Å². The van der Waals surface area contributed by atoms with Gasteiger partial charge < -0.3 is 5.11 Å². The SMILES string of the molecule is Cc1cccc(C(C)C(C)O)c1Cl. The molecule has 72 valence electrons. The van der Waals surface area contributed by atoms with Crippen molar-refractivity contribution in [3.05, 3.63) is 34.3 Å². The van der Waals surface area contributed by atoms with Crippen molar-refractivity contribution in [2.24, 2.45) is 0 Å². The van der Waals surface area contributed by atoms with E-state index in [-0.39, 0.29) is 12.0 Å². The Labute approximate surface area is 84.4 Å². The second-order valence-electron chi connectivity index (χ2n) is 3.51. The van der Waals surface area contributed by atoms with Gasteiger partial charge in [-0.2, -0.15) is 0 Å². The molecule has 0 heterocycles. The monoisotopic (exact) mass is 198 g/mol. The van der Waals surface area contributed by atoms with E-state index in [1.54, 1.807) is 6.92 Å². The number of rotatable bonds is 2. The Balaban J connectivity index is 3.07. The molecule has 1 aromatic carbocycles. The molecule has 1 N–H and O–H groups in total. The lowest BCUT2D eigenvalue weighted by atomic mass is 9.95. The number of aryl methyl sites for hydroxylation is 1. The fraction of sp³-hybridized carbons (Fsp3) is 0.455. The summed E-state index contributed by atoms with van der Waals surface area (Å²) in [4.78, 5) is 0. The summed E-state index contributed by atoms with van der Waals surface area (Å²) in [6.07, 6.45) is -0.362. The third-order valence-corrected chi connectivity index (χ3v) is 2.95. The molecule has 0 spiro atoms. The van der Waals surface area contributed by atoms with Crippen molar-refractivity contribution in [3.63, 3.8) is 0 Å². The highest BCUT2D eigenvalue weighted by Gasteiger charge is 2.15. The average molecular weight is 199 g/mol. The molecule has 0 bridgehead atoms. The Morgan fingerprint density at radius 3 is 2.46 bits per heavy atom. The number of aliphatic hydroxyl groups is 1. The van der Waals surface area contributed by atoms with Crippen molar-refractivity contribution in [1.82, 2.24) is 0 Å². The predicted molar refractivity (Wildman–Crippen MR) is 56.3 cm³/mol. The third kappa shape index (κ3) is 2.23. The fourth-order valence-electron chi connectivity index (χ4n) is 1.28. The van der Waals surface area contributed by atoms with E-state index in [1.807, 2.05) is 32.0 Å². The molecule has 0 aromatic heterocycles. The molecule has 0 saturated carbocycles. The molecular weight excluding hydrogens is 184 g/mol. The van der Waals surface area contributed by atoms with Gasteiger partial charge in [-0.15, -0.1) is 0 Å². The van der Waals surface area contributed by atoms with E-state index >= 15 is 0 Å². The molecule has 13 heavy (non-hydrogen) atoms. The van der Waals surface area contributed by atoms with Gasteiger partial charge in [0.2, 0.25) is 0 Å². The van der Waals surface area contributed by atoms with Crippen LogP contribution in [0.1, 0.15) is 30.9 Å². The highest BCUT2D eigenvalue weighted by molar-refractivity contribution is 6.32. The number of hydrogen-bond donors (Lipinski definition) is 1. The molecule has 2 atom stereocenters. The van der Waals surface area contributed by atoms with E-state index in [0.29, 0.717) is 0 Å². The molecule has 1 nitrogen and oxygen atoms in total. The Hall–Kier alpha value is -0.530. The van der Waals surface area contributed by atoms with Crippen LogP contribution in [0.15, 0.2) is 18.2 Å². The zero-order valence-electron chi connectivity index (χ0n) is 8.21. The lowest BCUT2D eigenvalue weighted by Crippen LogP contribution is -2.11. The number of aliphatic hydroxyl groups excluding tert-OH is 1. The Morgan fingerprint density at radius 1 is 1.31 bits per heavy atom. The van der Waals surface area contributed by atoms with Gasteiger partial charge in [-0.25, -0.2) is 0 Å². The average Bonchev–Trinajstić information content (AvgIpc) is 2.08. The van der Waals surface area contributed by atoms with Gasteiger partial charge in [-0.05, 0) is 25.0 Å². The van der Waals surface area contributed by atoms with Crippen LogP contribution in [0, 0.1) is 6.92 Å². The molecule has 0 aliphatic rings. The van der Waals surface area contributed by atoms with Crippen LogP contribution in [0.5, 0.6) is 0 Å². The fourth-order valence-corrected chi connectivity index (χ4v) is 1.58. The van der Waals surface area contributed by atoms with Gasteiger partial charge in [0.25, 0.3) is 0 Å². The van der Waals surface area contributed by atoms with Crippen LogP contribution in [0.4, 0.5) is 0 Å². The van der Waals surface area contributed by atoms with Crippen LogP contribution in [-0.2, 0) is 0 Å². The second kappa shape index (κ2) is 4.12.